The predicted octanol–water partition coefficient (Wildman–Crippen LogP) is 3.98. The summed E-state index contributed by atoms with van der Waals surface area (Å²) in [5.41, 5.74) is 0.601. The van der Waals surface area contributed by atoms with Crippen molar-refractivity contribution in [3.63, 3.8) is 0 Å². The molecular formula is C16H22ClNO2. The van der Waals surface area contributed by atoms with Crippen molar-refractivity contribution in [1.29, 1.82) is 0 Å². The van der Waals surface area contributed by atoms with Crippen LogP contribution in [0.2, 0.25) is 5.02 Å². The lowest BCUT2D eigenvalue weighted by Crippen LogP contribution is -2.35. The summed E-state index contributed by atoms with van der Waals surface area (Å²) in [5.74, 6) is -0.663. The molecule has 0 bridgehead atoms. The van der Waals surface area contributed by atoms with Gasteiger partial charge in [-0.05, 0) is 43.5 Å². The number of nitrogens with zero attached hydrogens (tertiary/aromatic N) is 1. The van der Waals surface area contributed by atoms with Crippen molar-refractivity contribution in [2.24, 2.45) is 5.41 Å². The Balaban J connectivity index is 2.20. The van der Waals surface area contributed by atoms with Gasteiger partial charge >= 0.3 is 5.97 Å². The lowest BCUT2D eigenvalue weighted by atomic mass is 9.84. The summed E-state index contributed by atoms with van der Waals surface area (Å²) in [5, 5.41) is 10.2. The van der Waals surface area contributed by atoms with Crippen molar-refractivity contribution in [2.75, 3.05) is 13.1 Å². The van der Waals surface area contributed by atoms with Gasteiger partial charge in [-0.15, -0.1) is 0 Å². The van der Waals surface area contributed by atoms with Crippen LogP contribution < -0.4 is 0 Å². The molecule has 0 saturated carbocycles. The molecule has 1 aromatic carbocycles. The van der Waals surface area contributed by atoms with E-state index in [-0.39, 0.29) is 6.04 Å². The van der Waals surface area contributed by atoms with Gasteiger partial charge < -0.3 is 5.11 Å². The molecule has 2 rings (SSSR count). The normalized spacial score (nSPS) is 24.8. The van der Waals surface area contributed by atoms with E-state index in [1.165, 1.54) is 5.56 Å². The van der Waals surface area contributed by atoms with Crippen LogP contribution in [-0.2, 0) is 4.79 Å². The van der Waals surface area contributed by atoms with E-state index >= 15 is 0 Å². The Kier molecular flexibility index (Phi) is 4.71. The Morgan fingerprint density at radius 3 is 2.75 bits per heavy atom. The van der Waals surface area contributed by atoms with Crippen molar-refractivity contribution >= 4 is 17.6 Å². The highest BCUT2D eigenvalue weighted by Gasteiger charge is 2.44. The van der Waals surface area contributed by atoms with Crippen molar-refractivity contribution in [1.82, 2.24) is 4.90 Å². The summed E-state index contributed by atoms with van der Waals surface area (Å²) in [6.45, 7) is 5.57. The monoisotopic (exact) mass is 295 g/mol. The van der Waals surface area contributed by atoms with Crippen LogP contribution in [0.25, 0.3) is 0 Å². The lowest BCUT2D eigenvalue weighted by Gasteiger charge is -2.29. The van der Waals surface area contributed by atoms with Crippen LogP contribution in [0.4, 0.5) is 0 Å². The molecule has 2 unspecified atom stereocenters. The van der Waals surface area contributed by atoms with Crippen LogP contribution in [-0.4, -0.2) is 29.1 Å². The Bertz CT molecular complexity index is 491. The standard InChI is InChI=1S/C16H22ClNO2/c1-3-14(12-6-5-7-13(17)10-12)18-9-8-16(4-2,11-18)15(19)20/h5-7,10,14H,3-4,8-9,11H2,1-2H3,(H,19,20). The van der Waals surface area contributed by atoms with Crippen LogP contribution in [0.1, 0.15) is 44.7 Å². The minimum absolute atomic E-state index is 0.251. The highest BCUT2D eigenvalue weighted by molar-refractivity contribution is 6.30. The SMILES string of the molecule is CCC(c1cccc(Cl)c1)N1CCC(CC)(C(=O)O)C1. The van der Waals surface area contributed by atoms with E-state index in [4.69, 9.17) is 11.6 Å². The van der Waals surface area contributed by atoms with Gasteiger partial charge in [0.15, 0.2) is 0 Å². The molecule has 1 heterocycles. The number of hydrogen-bond acceptors (Lipinski definition) is 2. The van der Waals surface area contributed by atoms with Gasteiger partial charge in [0.05, 0.1) is 5.41 Å². The molecule has 4 heteroatoms. The van der Waals surface area contributed by atoms with Gasteiger partial charge in [-0.1, -0.05) is 37.6 Å². The molecule has 1 fully saturated rings. The van der Waals surface area contributed by atoms with Gasteiger partial charge in [-0.2, -0.15) is 0 Å². The summed E-state index contributed by atoms with van der Waals surface area (Å²) in [7, 11) is 0. The average Bonchev–Trinajstić information content (AvgIpc) is 2.85. The third-order valence-electron chi connectivity index (χ3n) is 4.57. The molecule has 2 atom stereocenters. The molecule has 1 aliphatic heterocycles. The summed E-state index contributed by atoms with van der Waals surface area (Å²) < 4.78 is 0. The summed E-state index contributed by atoms with van der Waals surface area (Å²) in [4.78, 5) is 13.8. The van der Waals surface area contributed by atoms with E-state index in [1.807, 2.05) is 25.1 Å². The van der Waals surface area contributed by atoms with Gasteiger partial charge in [0.2, 0.25) is 0 Å². The topological polar surface area (TPSA) is 40.5 Å². The highest BCUT2D eigenvalue weighted by Crippen LogP contribution is 2.39. The van der Waals surface area contributed by atoms with Crippen molar-refractivity contribution in [3.8, 4) is 0 Å². The molecule has 1 aromatic rings. The maximum absolute atomic E-state index is 11.6. The molecule has 0 aromatic heterocycles. The zero-order valence-corrected chi connectivity index (χ0v) is 12.9. The fraction of sp³-hybridized carbons (Fsp3) is 0.562. The maximum Gasteiger partial charge on any atom is 0.310 e. The number of benzene rings is 1. The first-order valence-corrected chi connectivity index (χ1v) is 7.63. The van der Waals surface area contributed by atoms with Crippen LogP contribution in [0.15, 0.2) is 24.3 Å². The molecule has 0 aliphatic carbocycles. The van der Waals surface area contributed by atoms with E-state index in [1.54, 1.807) is 0 Å². The number of halogens is 1. The molecular weight excluding hydrogens is 274 g/mol. The molecule has 110 valence electrons. The zero-order valence-electron chi connectivity index (χ0n) is 12.1. The van der Waals surface area contributed by atoms with E-state index in [9.17, 15) is 9.90 Å². The summed E-state index contributed by atoms with van der Waals surface area (Å²) in [6, 6.07) is 8.15. The fourth-order valence-corrected chi connectivity index (χ4v) is 3.40. The molecule has 20 heavy (non-hydrogen) atoms. The maximum atomic E-state index is 11.6. The van der Waals surface area contributed by atoms with E-state index in [0.717, 1.165) is 24.4 Å². The number of carboxylic acids is 1. The Morgan fingerprint density at radius 2 is 2.25 bits per heavy atom. The van der Waals surface area contributed by atoms with Gasteiger partial charge in [-0.25, -0.2) is 0 Å². The minimum atomic E-state index is -0.663. The number of carbonyl (C=O) groups is 1. The third-order valence-corrected chi connectivity index (χ3v) is 4.81. The van der Waals surface area contributed by atoms with Crippen molar-refractivity contribution in [3.05, 3.63) is 34.9 Å². The van der Waals surface area contributed by atoms with Crippen molar-refractivity contribution < 1.29 is 9.90 Å². The second-order valence-electron chi connectivity index (χ2n) is 5.64. The molecule has 1 saturated heterocycles. The second-order valence-corrected chi connectivity index (χ2v) is 6.07. The third kappa shape index (κ3) is 2.84. The van der Waals surface area contributed by atoms with E-state index in [0.29, 0.717) is 13.0 Å². The first-order chi connectivity index (χ1) is 9.52. The molecule has 1 aliphatic rings. The van der Waals surface area contributed by atoms with Crippen LogP contribution in [0, 0.1) is 5.41 Å². The first kappa shape index (κ1) is 15.3. The van der Waals surface area contributed by atoms with E-state index in [2.05, 4.69) is 17.9 Å². The predicted molar refractivity (Wildman–Crippen MR) is 81.0 cm³/mol. The fourth-order valence-electron chi connectivity index (χ4n) is 3.20. The zero-order chi connectivity index (χ0) is 14.8. The summed E-state index contributed by atoms with van der Waals surface area (Å²) >= 11 is 6.07. The number of likely N-dealkylation sites (tertiary alicyclic amines) is 1. The number of aliphatic carboxylic acids is 1. The second kappa shape index (κ2) is 6.15. The molecule has 0 amide bonds. The summed E-state index contributed by atoms with van der Waals surface area (Å²) in [6.07, 6.45) is 2.38. The van der Waals surface area contributed by atoms with Crippen LogP contribution in [0.3, 0.4) is 0 Å². The Morgan fingerprint density at radius 1 is 1.50 bits per heavy atom. The van der Waals surface area contributed by atoms with Gasteiger partial charge in [-0.3, -0.25) is 9.69 Å². The Labute approximate surface area is 125 Å². The highest BCUT2D eigenvalue weighted by atomic mass is 35.5. The molecule has 0 spiro atoms. The number of rotatable bonds is 5. The largest absolute Gasteiger partial charge is 0.481 e. The Hall–Kier alpha value is -1.06. The van der Waals surface area contributed by atoms with E-state index < -0.39 is 11.4 Å². The first-order valence-electron chi connectivity index (χ1n) is 7.25. The van der Waals surface area contributed by atoms with Crippen LogP contribution >= 0.6 is 11.6 Å². The number of hydrogen-bond donors (Lipinski definition) is 1. The smallest absolute Gasteiger partial charge is 0.310 e. The lowest BCUT2D eigenvalue weighted by molar-refractivity contribution is -0.148. The van der Waals surface area contributed by atoms with Gasteiger partial charge in [0.1, 0.15) is 0 Å². The molecule has 1 N–H and O–H groups in total. The van der Waals surface area contributed by atoms with Gasteiger partial charge in [0.25, 0.3) is 0 Å². The minimum Gasteiger partial charge on any atom is -0.481 e. The number of carboxylic acid groups (broad SMARTS) is 1. The quantitative estimate of drug-likeness (QED) is 0.893. The molecule has 0 radical (unpaired) electrons. The van der Waals surface area contributed by atoms with Gasteiger partial charge in [0, 0.05) is 17.6 Å². The van der Waals surface area contributed by atoms with Crippen molar-refractivity contribution in [2.45, 2.75) is 39.2 Å². The molecule has 3 nitrogen and oxygen atoms in total. The van der Waals surface area contributed by atoms with Crippen LogP contribution in [0.5, 0.6) is 0 Å². The average molecular weight is 296 g/mol.